The van der Waals surface area contributed by atoms with E-state index in [1.165, 1.54) is 4.90 Å². The molecule has 3 amide bonds. The third kappa shape index (κ3) is 3.88. The molecule has 1 saturated heterocycles. The van der Waals surface area contributed by atoms with Crippen LogP contribution in [0, 0.1) is 23.4 Å². The number of urea groups is 1. The molecule has 1 N–H and O–H groups in total. The zero-order valence-corrected chi connectivity index (χ0v) is 13.7. The number of carbonyl (C=O) groups is 2. The average Bonchev–Trinajstić information content (AvgIpc) is 2.77. The Hall–Kier alpha value is -2.25. The fourth-order valence-electron chi connectivity index (χ4n) is 3.07. The Labute approximate surface area is 143 Å². The fraction of sp³-hybridized carbons (Fsp3) is 0.529. The van der Waals surface area contributed by atoms with Gasteiger partial charge in [0, 0.05) is 44.2 Å². The molecule has 0 aromatic heterocycles. The molecule has 0 radical (unpaired) electrons. The molecule has 0 spiro atoms. The van der Waals surface area contributed by atoms with Crippen molar-refractivity contribution in [3.8, 4) is 0 Å². The maximum absolute atomic E-state index is 13.6. The van der Waals surface area contributed by atoms with Gasteiger partial charge in [0.1, 0.15) is 5.82 Å². The van der Waals surface area contributed by atoms with Gasteiger partial charge in [-0.05, 0) is 19.3 Å². The van der Waals surface area contributed by atoms with Gasteiger partial charge < -0.3 is 15.1 Å². The summed E-state index contributed by atoms with van der Waals surface area (Å²) in [5, 5.41) is 2.27. The Bertz CT molecular complexity index is 679. The van der Waals surface area contributed by atoms with Crippen LogP contribution in [0.5, 0.6) is 0 Å². The van der Waals surface area contributed by atoms with E-state index in [0.717, 1.165) is 19.3 Å². The zero-order valence-electron chi connectivity index (χ0n) is 13.7. The van der Waals surface area contributed by atoms with Crippen molar-refractivity contribution in [2.75, 3.05) is 31.5 Å². The first-order valence-electron chi connectivity index (χ1n) is 8.45. The van der Waals surface area contributed by atoms with Crippen molar-refractivity contribution in [1.29, 1.82) is 0 Å². The standard InChI is InChI=1S/C17H20F3N3O2/c18-12-9-14(20)15(10-13(12)19)21-17(25)23-6-2-5-22(7-8-23)16(24)11-3-1-4-11/h9-11H,1-8H2,(H,21,25). The summed E-state index contributed by atoms with van der Waals surface area (Å²) in [4.78, 5) is 27.8. The minimum atomic E-state index is -1.31. The SMILES string of the molecule is O=C(Nc1cc(F)c(F)cc1F)N1CCCN(C(=O)C2CCC2)CC1. The lowest BCUT2D eigenvalue weighted by Crippen LogP contribution is -2.42. The number of carbonyl (C=O) groups excluding carboxylic acids is 2. The number of benzene rings is 1. The number of amides is 3. The van der Waals surface area contributed by atoms with Crippen LogP contribution in [-0.2, 0) is 4.79 Å². The Balaban J connectivity index is 1.59. The maximum atomic E-state index is 13.6. The van der Waals surface area contributed by atoms with Gasteiger partial charge in [-0.3, -0.25) is 4.79 Å². The molecule has 1 aromatic rings. The van der Waals surface area contributed by atoms with E-state index in [-0.39, 0.29) is 11.8 Å². The Morgan fingerprint density at radius 2 is 1.52 bits per heavy atom. The second-order valence-electron chi connectivity index (χ2n) is 6.47. The highest BCUT2D eigenvalue weighted by Crippen LogP contribution is 2.28. The van der Waals surface area contributed by atoms with E-state index >= 15 is 0 Å². The zero-order chi connectivity index (χ0) is 18.0. The highest BCUT2D eigenvalue weighted by Gasteiger charge is 2.31. The monoisotopic (exact) mass is 355 g/mol. The highest BCUT2D eigenvalue weighted by molar-refractivity contribution is 5.89. The summed E-state index contributed by atoms with van der Waals surface area (Å²) in [6, 6.07) is 0.419. The molecule has 5 nitrogen and oxygen atoms in total. The third-order valence-corrected chi connectivity index (χ3v) is 4.80. The number of hydrogen-bond donors (Lipinski definition) is 1. The van der Waals surface area contributed by atoms with Crippen LogP contribution in [0.25, 0.3) is 0 Å². The van der Waals surface area contributed by atoms with E-state index in [1.54, 1.807) is 4.90 Å². The molecule has 25 heavy (non-hydrogen) atoms. The minimum Gasteiger partial charge on any atom is -0.341 e. The fourth-order valence-corrected chi connectivity index (χ4v) is 3.07. The summed E-state index contributed by atoms with van der Waals surface area (Å²) in [6.07, 6.45) is 3.55. The predicted molar refractivity (Wildman–Crippen MR) is 85.4 cm³/mol. The van der Waals surface area contributed by atoms with Crippen LogP contribution in [0.3, 0.4) is 0 Å². The van der Waals surface area contributed by atoms with E-state index in [1.807, 2.05) is 0 Å². The molecule has 1 saturated carbocycles. The molecule has 3 rings (SSSR count). The van der Waals surface area contributed by atoms with Crippen molar-refractivity contribution in [3.63, 3.8) is 0 Å². The molecule has 8 heteroatoms. The first-order chi connectivity index (χ1) is 12.0. The van der Waals surface area contributed by atoms with Gasteiger partial charge in [0.2, 0.25) is 5.91 Å². The number of nitrogens with zero attached hydrogens (tertiary/aromatic N) is 2. The quantitative estimate of drug-likeness (QED) is 0.830. The predicted octanol–water partition coefficient (Wildman–Crippen LogP) is 2.97. The van der Waals surface area contributed by atoms with Gasteiger partial charge >= 0.3 is 6.03 Å². The lowest BCUT2D eigenvalue weighted by Gasteiger charge is -2.31. The number of halogens is 3. The average molecular weight is 355 g/mol. The molecular formula is C17H20F3N3O2. The summed E-state index contributed by atoms with van der Waals surface area (Å²) in [7, 11) is 0. The second-order valence-corrected chi connectivity index (χ2v) is 6.47. The first kappa shape index (κ1) is 17.6. The lowest BCUT2D eigenvalue weighted by atomic mass is 9.84. The third-order valence-electron chi connectivity index (χ3n) is 4.80. The molecule has 0 bridgehead atoms. The molecule has 0 unspecified atom stereocenters. The largest absolute Gasteiger partial charge is 0.341 e. The Kier molecular flexibility index (Phi) is 5.15. The molecule has 2 fully saturated rings. The summed E-state index contributed by atoms with van der Waals surface area (Å²) in [5.41, 5.74) is -0.407. The van der Waals surface area contributed by atoms with Crippen LogP contribution in [0.2, 0.25) is 0 Å². The number of anilines is 1. The van der Waals surface area contributed by atoms with Gasteiger partial charge in [-0.1, -0.05) is 6.42 Å². The van der Waals surface area contributed by atoms with Crippen molar-refractivity contribution in [3.05, 3.63) is 29.6 Å². The van der Waals surface area contributed by atoms with Gasteiger partial charge in [0.05, 0.1) is 5.69 Å². The molecular weight excluding hydrogens is 335 g/mol. The van der Waals surface area contributed by atoms with Gasteiger partial charge in [-0.25, -0.2) is 18.0 Å². The van der Waals surface area contributed by atoms with Crippen LogP contribution in [-0.4, -0.2) is 47.9 Å². The summed E-state index contributed by atoms with van der Waals surface area (Å²) in [6.45, 7) is 1.73. The van der Waals surface area contributed by atoms with Crippen LogP contribution >= 0.6 is 0 Å². The van der Waals surface area contributed by atoms with Crippen molar-refractivity contribution < 1.29 is 22.8 Å². The van der Waals surface area contributed by atoms with Crippen molar-refractivity contribution in [1.82, 2.24) is 9.80 Å². The van der Waals surface area contributed by atoms with Crippen molar-refractivity contribution in [2.45, 2.75) is 25.7 Å². The summed E-state index contributed by atoms with van der Waals surface area (Å²) < 4.78 is 39.8. The summed E-state index contributed by atoms with van der Waals surface area (Å²) in [5.74, 6) is -3.33. The van der Waals surface area contributed by atoms with Crippen LogP contribution < -0.4 is 5.32 Å². The van der Waals surface area contributed by atoms with Crippen LogP contribution in [0.4, 0.5) is 23.7 Å². The van der Waals surface area contributed by atoms with E-state index in [9.17, 15) is 22.8 Å². The van der Waals surface area contributed by atoms with E-state index < -0.39 is 29.2 Å². The molecule has 136 valence electrons. The van der Waals surface area contributed by atoms with E-state index in [0.29, 0.717) is 44.7 Å². The van der Waals surface area contributed by atoms with Crippen molar-refractivity contribution >= 4 is 17.6 Å². The lowest BCUT2D eigenvalue weighted by molar-refractivity contribution is -0.138. The minimum absolute atomic E-state index is 0.108. The van der Waals surface area contributed by atoms with Gasteiger partial charge in [-0.15, -0.1) is 0 Å². The van der Waals surface area contributed by atoms with Gasteiger partial charge in [0.25, 0.3) is 0 Å². The van der Waals surface area contributed by atoms with Crippen LogP contribution in [0.15, 0.2) is 12.1 Å². The first-order valence-corrected chi connectivity index (χ1v) is 8.45. The molecule has 1 aliphatic heterocycles. The second kappa shape index (κ2) is 7.33. The highest BCUT2D eigenvalue weighted by atomic mass is 19.2. The number of rotatable bonds is 2. The van der Waals surface area contributed by atoms with Crippen LogP contribution in [0.1, 0.15) is 25.7 Å². The Morgan fingerprint density at radius 1 is 0.880 bits per heavy atom. The summed E-state index contributed by atoms with van der Waals surface area (Å²) >= 11 is 0. The number of hydrogen-bond acceptors (Lipinski definition) is 2. The molecule has 0 atom stereocenters. The topological polar surface area (TPSA) is 52.7 Å². The van der Waals surface area contributed by atoms with Gasteiger partial charge in [-0.2, -0.15) is 0 Å². The van der Waals surface area contributed by atoms with E-state index in [2.05, 4.69) is 5.32 Å². The molecule has 2 aliphatic rings. The molecule has 1 aromatic carbocycles. The smallest absolute Gasteiger partial charge is 0.321 e. The maximum Gasteiger partial charge on any atom is 0.321 e. The molecule has 1 aliphatic carbocycles. The Morgan fingerprint density at radius 3 is 2.20 bits per heavy atom. The molecule has 1 heterocycles. The normalized spacial score (nSPS) is 18.5. The van der Waals surface area contributed by atoms with E-state index in [4.69, 9.17) is 0 Å². The number of nitrogens with one attached hydrogen (secondary N) is 1. The van der Waals surface area contributed by atoms with Gasteiger partial charge in [0.15, 0.2) is 11.6 Å². The van der Waals surface area contributed by atoms with Crippen molar-refractivity contribution in [2.24, 2.45) is 5.92 Å².